The standard InChI is InChI=1S/C35H38N2O5/c1-24(2)42-34-18-15-26(12-11-25-13-16-27(17-14-25)33(40)10-4-3-7-19-38)20-31(34)35(41)37-29(23-39)21-28-22-36-32-9-6-5-8-30(28)32/h5-6,8-9,13-18,20,22,24,29,36,38-39H,3-4,7,10,19,21,23H2,1-2H3,(H,37,41)/t29-/m1/s1. The van der Waals surface area contributed by atoms with E-state index >= 15 is 0 Å². The van der Waals surface area contributed by atoms with Crippen LogP contribution in [0.25, 0.3) is 10.9 Å². The van der Waals surface area contributed by atoms with E-state index < -0.39 is 6.04 Å². The van der Waals surface area contributed by atoms with Gasteiger partial charge < -0.3 is 25.3 Å². The van der Waals surface area contributed by atoms with Crippen molar-refractivity contribution < 1.29 is 24.5 Å². The Morgan fingerprint density at radius 3 is 2.40 bits per heavy atom. The van der Waals surface area contributed by atoms with E-state index in [0.29, 0.717) is 41.7 Å². The Morgan fingerprint density at radius 1 is 0.929 bits per heavy atom. The Bertz CT molecular complexity index is 1560. The minimum Gasteiger partial charge on any atom is -0.490 e. The van der Waals surface area contributed by atoms with Crippen LogP contribution in [0.5, 0.6) is 5.75 Å². The number of aromatic amines is 1. The second-order valence-electron chi connectivity index (χ2n) is 10.6. The van der Waals surface area contributed by atoms with Gasteiger partial charge in [-0.3, -0.25) is 9.59 Å². The van der Waals surface area contributed by atoms with Gasteiger partial charge >= 0.3 is 0 Å². The molecule has 0 radical (unpaired) electrons. The summed E-state index contributed by atoms with van der Waals surface area (Å²) in [6, 6.07) is 19.9. The average Bonchev–Trinajstić information content (AvgIpc) is 3.40. The number of benzene rings is 3. The number of aliphatic hydroxyl groups excluding tert-OH is 2. The summed E-state index contributed by atoms with van der Waals surface area (Å²) in [6.45, 7) is 3.72. The van der Waals surface area contributed by atoms with Crippen molar-refractivity contribution in [2.24, 2.45) is 0 Å². The number of hydrogen-bond acceptors (Lipinski definition) is 5. The zero-order chi connectivity index (χ0) is 29.9. The first-order valence-corrected chi connectivity index (χ1v) is 14.4. The molecule has 1 amide bonds. The summed E-state index contributed by atoms with van der Waals surface area (Å²) in [7, 11) is 0. The van der Waals surface area contributed by atoms with Crippen LogP contribution in [0.2, 0.25) is 0 Å². The number of unbranched alkanes of at least 4 members (excludes halogenated alkanes) is 2. The number of rotatable bonds is 13. The lowest BCUT2D eigenvalue weighted by Gasteiger charge is -2.19. The van der Waals surface area contributed by atoms with Gasteiger partial charge in [0.1, 0.15) is 5.75 Å². The number of carbonyl (C=O) groups excluding carboxylic acids is 2. The molecule has 1 atom stereocenters. The number of aromatic nitrogens is 1. The van der Waals surface area contributed by atoms with Gasteiger partial charge in [0.2, 0.25) is 0 Å². The second kappa shape index (κ2) is 15.0. The molecule has 0 bridgehead atoms. The second-order valence-corrected chi connectivity index (χ2v) is 10.6. The van der Waals surface area contributed by atoms with Crippen molar-refractivity contribution in [3.05, 3.63) is 101 Å². The lowest BCUT2D eigenvalue weighted by molar-refractivity contribution is 0.0909. The van der Waals surface area contributed by atoms with E-state index in [-0.39, 0.29) is 31.0 Å². The van der Waals surface area contributed by atoms with Crippen LogP contribution in [0.3, 0.4) is 0 Å². The summed E-state index contributed by atoms with van der Waals surface area (Å²) in [5.41, 5.74) is 4.39. The van der Waals surface area contributed by atoms with Crippen LogP contribution in [-0.4, -0.2) is 52.2 Å². The Hall–Kier alpha value is -4.38. The van der Waals surface area contributed by atoms with E-state index in [9.17, 15) is 14.7 Å². The number of ether oxygens (including phenoxy) is 1. The minimum atomic E-state index is -0.491. The van der Waals surface area contributed by atoms with Crippen LogP contribution in [0, 0.1) is 11.8 Å². The molecule has 0 unspecified atom stereocenters. The number of carbonyl (C=O) groups is 2. The first-order valence-electron chi connectivity index (χ1n) is 14.4. The third-order valence-corrected chi connectivity index (χ3v) is 6.90. The first kappa shape index (κ1) is 30.6. The quantitative estimate of drug-likeness (QED) is 0.0981. The number of Topliss-reactive ketones (excluding diaryl/α,β-unsaturated/α-hetero) is 1. The molecule has 0 aliphatic heterocycles. The summed E-state index contributed by atoms with van der Waals surface area (Å²) in [6.07, 6.45) is 5.00. The number of para-hydroxylation sites is 1. The maximum Gasteiger partial charge on any atom is 0.255 e. The van der Waals surface area contributed by atoms with Crippen molar-refractivity contribution in [1.29, 1.82) is 0 Å². The van der Waals surface area contributed by atoms with Gasteiger partial charge in [0.25, 0.3) is 5.91 Å². The number of amides is 1. The molecule has 7 heteroatoms. The molecule has 7 nitrogen and oxygen atoms in total. The minimum absolute atomic E-state index is 0.0784. The van der Waals surface area contributed by atoms with E-state index in [1.165, 1.54) is 0 Å². The summed E-state index contributed by atoms with van der Waals surface area (Å²) in [5.74, 6) is 6.39. The Balaban J connectivity index is 1.48. The number of ketones is 1. The molecule has 1 aromatic heterocycles. The van der Waals surface area contributed by atoms with Crippen molar-refractivity contribution in [3.8, 4) is 17.6 Å². The van der Waals surface area contributed by atoms with E-state index in [4.69, 9.17) is 9.84 Å². The summed E-state index contributed by atoms with van der Waals surface area (Å²) >= 11 is 0. The topological polar surface area (TPSA) is 112 Å². The van der Waals surface area contributed by atoms with E-state index in [2.05, 4.69) is 22.1 Å². The van der Waals surface area contributed by atoms with Crippen LogP contribution in [0.15, 0.2) is 72.9 Å². The Morgan fingerprint density at radius 2 is 1.67 bits per heavy atom. The largest absolute Gasteiger partial charge is 0.490 e. The molecular weight excluding hydrogens is 528 g/mol. The smallest absolute Gasteiger partial charge is 0.255 e. The number of hydrogen-bond donors (Lipinski definition) is 4. The fraction of sp³-hybridized carbons (Fsp3) is 0.314. The summed E-state index contributed by atoms with van der Waals surface area (Å²) in [4.78, 5) is 29.1. The van der Waals surface area contributed by atoms with Gasteiger partial charge in [0.15, 0.2) is 5.78 Å². The molecule has 4 aromatic rings. The van der Waals surface area contributed by atoms with Gasteiger partial charge in [-0.1, -0.05) is 48.6 Å². The maximum atomic E-state index is 13.4. The van der Waals surface area contributed by atoms with Gasteiger partial charge in [-0.25, -0.2) is 0 Å². The predicted octanol–water partition coefficient (Wildman–Crippen LogP) is 5.42. The van der Waals surface area contributed by atoms with Crippen molar-refractivity contribution in [2.45, 2.75) is 58.1 Å². The van der Waals surface area contributed by atoms with Gasteiger partial charge in [-0.2, -0.15) is 0 Å². The third kappa shape index (κ3) is 8.32. The molecule has 0 aliphatic rings. The van der Waals surface area contributed by atoms with Crippen LogP contribution >= 0.6 is 0 Å². The molecule has 218 valence electrons. The lowest BCUT2D eigenvalue weighted by Crippen LogP contribution is -2.39. The zero-order valence-corrected chi connectivity index (χ0v) is 24.2. The van der Waals surface area contributed by atoms with Crippen LogP contribution in [-0.2, 0) is 6.42 Å². The molecule has 0 saturated heterocycles. The lowest BCUT2D eigenvalue weighted by atomic mass is 10.0. The third-order valence-electron chi connectivity index (χ3n) is 6.90. The van der Waals surface area contributed by atoms with Crippen molar-refractivity contribution >= 4 is 22.6 Å². The Labute approximate surface area is 246 Å². The summed E-state index contributed by atoms with van der Waals surface area (Å²) < 4.78 is 5.92. The number of nitrogens with one attached hydrogen (secondary N) is 2. The Kier molecular flexibility index (Phi) is 10.9. The van der Waals surface area contributed by atoms with Gasteiger partial charge in [0.05, 0.1) is 24.3 Å². The van der Waals surface area contributed by atoms with Crippen LogP contribution in [0.4, 0.5) is 0 Å². The van der Waals surface area contributed by atoms with Crippen molar-refractivity contribution in [2.75, 3.05) is 13.2 Å². The van der Waals surface area contributed by atoms with Crippen LogP contribution in [0.1, 0.15) is 76.9 Å². The van der Waals surface area contributed by atoms with Gasteiger partial charge in [-0.05, 0) is 75.1 Å². The number of fused-ring (bicyclic) bond motifs is 1. The van der Waals surface area contributed by atoms with E-state index in [1.807, 2.05) is 56.4 Å². The highest BCUT2D eigenvalue weighted by Gasteiger charge is 2.19. The molecule has 0 saturated carbocycles. The van der Waals surface area contributed by atoms with E-state index in [0.717, 1.165) is 34.9 Å². The zero-order valence-electron chi connectivity index (χ0n) is 24.2. The maximum absolute atomic E-state index is 13.4. The van der Waals surface area contributed by atoms with Crippen molar-refractivity contribution in [1.82, 2.24) is 10.3 Å². The average molecular weight is 567 g/mol. The number of aliphatic hydroxyl groups is 2. The fourth-order valence-electron chi connectivity index (χ4n) is 4.73. The highest BCUT2D eigenvalue weighted by molar-refractivity contribution is 5.98. The van der Waals surface area contributed by atoms with Gasteiger partial charge in [0, 0.05) is 46.8 Å². The molecule has 1 heterocycles. The van der Waals surface area contributed by atoms with E-state index in [1.54, 1.807) is 30.3 Å². The molecular formula is C35H38N2O5. The fourth-order valence-corrected chi connectivity index (χ4v) is 4.73. The highest BCUT2D eigenvalue weighted by Crippen LogP contribution is 2.23. The van der Waals surface area contributed by atoms with Crippen molar-refractivity contribution in [3.63, 3.8) is 0 Å². The number of H-pyrrole nitrogens is 1. The normalized spacial score (nSPS) is 11.6. The molecule has 42 heavy (non-hydrogen) atoms. The molecule has 4 rings (SSSR count). The predicted molar refractivity (Wildman–Crippen MR) is 165 cm³/mol. The highest BCUT2D eigenvalue weighted by atomic mass is 16.5. The molecule has 4 N–H and O–H groups in total. The van der Waals surface area contributed by atoms with Crippen LogP contribution < -0.4 is 10.1 Å². The first-order chi connectivity index (χ1) is 20.4. The molecule has 3 aromatic carbocycles. The van der Waals surface area contributed by atoms with Gasteiger partial charge in [-0.15, -0.1) is 0 Å². The molecule has 0 fully saturated rings. The monoisotopic (exact) mass is 566 g/mol. The summed E-state index contributed by atoms with van der Waals surface area (Å²) in [5, 5.41) is 23.0. The SMILES string of the molecule is CC(C)Oc1ccc(C#Cc2ccc(C(=O)CCCCCO)cc2)cc1C(=O)N[C@@H](CO)Cc1c[nH]c2ccccc12. The molecule has 0 aliphatic carbocycles. The molecule has 0 spiro atoms.